The van der Waals surface area contributed by atoms with Gasteiger partial charge in [0.2, 0.25) is 0 Å². The second-order valence-corrected chi connectivity index (χ2v) is 5.62. The number of ether oxygens (including phenoxy) is 1. The summed E-state index contributed by atoms with van der Waals surface area (Å²) in [5, 5.41) is 0. The van der Waals surface area contributed by atoms with Crippen LogP contribution in [0.2, 0.25) is 0 Å². The van der Waals surface area contributed by atoms with Crippen molar-refractivity contribution in [3.05, 3.63) is 34.2 Å². The van der Waals surface area contributed by atoms with Gasteiger partial charge in [-0.1, -0.05) is 19.9 Å². The van der Waals surface area contributed by atoms with Gasteiger partial charge in [-0.15, -0.1) is 0 Å². The molecule has 3 heteroatoms. The van der Waals surface area contributed by atoms with E-state index in [9.17, 15) is 4.79 Å². The number of rotatable bonds is 4. The zero-order valence-corrected chi connectivity index (χ0v) is 11.6. The summed E-state index contributed by atoms with van der Waals surface area (Å²) in [6.07, 6.45) is 6.20. The van der Waals surface area contributed by atoms with E-state index in [1.165, 1.54) is 0 Å². The minimum absolute atomic E-state index is 0.167. The summed E-state index contributed by atoms with van der Waals surface area (Å²) in [6.45, 7) is 4.29. The van der Waals surface area contributed by atoms with Crippen molar-refractivity contribution in [1.29, 1.82) is 0 Å². The van der Waals surface area contributed by atoms with Crippen LogP contribution in [-0.2, 0) is 11.2 Å². The molecular formula is C15H23NO2. The zero-order valence-electron chi connectivity index (χ0n) is 11.6. The van der Waals surface area contributed by atoms with Crippen molar-refractivity contribution < 1.29 is 4.74 Å². The maximum absolute atomic E-state index is 12.5. The molecule has 1 fully saturated rings. The molecule has 0 bridgehead atoms. The molecule has 1 aliphatic carbocycles. The van der Waals surface area contributed by atoms with Crippen LogP contribution in [-0.4, -0.2) is 17.8 Å². The third-order valence-corrected chi connectivity index (χ3v) is 3.76. The average Bonchev–Trinajstić information content (AvgIpc) is 2.79. The molecule has 1 aromatic heterocycles. The van der Waals surface area contributed by atoms with E-state index in [4.69, 9.17) is 4.74 Å². The first kappa shape index (κ1) is 13.3. The SMILES string of the molecule is CO[C@@H]1CCC[C@@H]1n1cccc(CC(C)C)c1=O. The fourth-order valence-electron chi connectivity index (χ4n) is 2.91. The van der Waals surface area contributed by atoms with Crippen LogP contribution in [0, 0.1) is 5.92 Å². The van der Waals surface area contributed by atoms with Crippen LogP contribution in [0.4, 0.5) is 0 Å². The Balaban J connectivity index is 2.31. The summed E-state index contributed by atoms with van der Waals surface area (Å²) in [6, 6.07) is 4.16. The van der Waals surface area contributed by atoms with Crippen LogP contribution in [0.3, 0.4) is 0 Å². The summed E-state index contributed by atoms with van der Waals surface area (Å²) in [7, 11) is 1.74. The van der Waals surface area contributed by atoms with Gasteiger partial charge in [0, 0.05) is 18.9 Å². The third kappa shape index (κ3) is 2.66. The second-order valence-electron chi connectivity index (χ2n) is 5.62. The lowest BCUT2D eigenvalue weighted by Gasteiger charge is -2.21. The molecule has 100 valence electrons. The predicted octanol–water partition coefficient (Wildman–Crippen LogP) is 2.79. The quantitative estimate of drug-likeness (QED) is 0.821. The molecule has 0 amide bonds. The molecule has 0 spiro atoms. The Bertz CT molecular complexity index is 450. The molecule has 1 aliphatic rings. The van der Waals surface area contributed by atoms with Crippen LogP contribution < -0.4 is 5.56 Å². The van der Waals surface area contributed by atoms with Gasteiger partial charge in [-0.2, -0.15) is 0 Å². The number of hydrogen-bond acceptors (Lipinski definition) is 2. The highest BCUT2D eigenvalue weighted by molar-refractivity contribution is 5.12. The first-order valence-corrected chi connectivity index (χ1v) is 6.86. The molecular weight excluding hydrogens is 226 g/mol. The van der Waals surface area contributed by atoms with Crippen LogP contribution in [0.1, 0.15) is 44.7 Å². The minimum atomic E-state index is 0.167. The lowest BCUT2D eigenvalue weighted by molar-refractivity contribution is 0.0737. The van der Waals surface area contributed by atoms with E-state index in [2.05, 4.69) is 13.8 Å². The third-order valence-electron chi connectivity index (χ3n) is 3.76. The van der Waals surface area contributed by atoms with E-state index < -0.39 is 0 Å². The highest BCUT2D eigenvalue weighted by Gasteiger charge is 2.29. The van der Waals surface area contributed by atoms with Crippen molar-refractivity contribution in [3.8, 4) is 0 Å². The normalized spacial score (nSPS) is 23.8. The second kappa shape index (κ2) is 5.70. The van der Waals surface area contributed by atoms with E-state index in [-0.39, 0.29) is 17.7 Å². The van der Waals surface area contributed by atoms with E-state index >= 15 is 0 Å². The van der Waals surface area contributed by atoms with Gasteiger partial charge in [-0.25, -0.2) is 0 Å². The molecule has 2 atom stereocenters. The minimum Gasteiger partial charge on any atom is -0.379 e. The number of methoxy groups -OCH3 is 1. The van der Waals surface area contributed by atoms with Crippen molar-refractivity contribution in [1.82, 2.24) is 4.57 Å². The topological polar surface area (TPSA) is 31.2 Å². The smallest absolute Gasteiger partial charge is 0.254 e. The van der Waals surface area contributed by atoms with E-state index in [1.807, 2.05) is 22.9 Å². The van der Waals surface area contributed by atoms with Gasteiger partial charge in [0.1, 0.15) is 0 Å². The summed E-state index contributed by atoms with van der Waals surface area (Å²) in [5.41, 5.74) is 1.09. The predicted molar refractivity (Wildman–Crippen MR) is 72.9 cm³/mol. The van der Waals surface area contributed by atoms with Gasteiger partial charge in [0.05, 0.1) is 12.1 Å². The number of nitrogens with zero attached hydrogens (tertiary/aromatic N) is 1. The van der Waals surface area contributed by atoms with Crippen molar-refractivity contribution in [3.63, 3.8) is 0 Å². The van der Waals surface area contributed by atoms with Crippen molar-refractivity contribution in [2.75, 3.05) is 7.11 Å². The molecule has 18 heavy (non-hydrogen) atoms. The fourth-order valence-corrected chi connectivity index (χ4v) is 2.91. The molecule has 0 radical (unpaired) electrons. The first-order valence-electron chi connectivity index (χ1n) is 6.86. The molecule has 0 saturated heterocycles. The van der Waals surface area contributed by atoms with E-state index in [0.29, 0.717) is 5.92 Å². The zero-order chi connectivity index (χ0) is 13.1. The summed E-state index contributed by atoms with van der Waals surface area (Å²) >= 11 is 0. The lowest BCUT2D eigenvalue weighted by atomic mass is 10.0. The van der Waals surface area contributed by atoms with Gasteiger partial charge in [-0.3, -0.25) is 4.79 Å². The Hall–Kier alpha value is -1.09. The Labute approximate surface area is 109 Å². The molecule has 1 heterocycles. The van der Waals surface area contributed by atoms with Gasteiger partial charge in [0.25, 0.3) is 5.56 Å². The first-order chi connectivity index (χ1) is 8.63. The number of pyridine rings is 1. The highest BCUT2D eigenvalue weighted by atomic mass is 16.5. The monoisotopic (exact) mass is 249 g/mol. The largest absolute Gasteiger partial charge is 0.379 e. The Morgan fingerprint density at radius 2 is 2.22 bits per heavy atom. The highest BCUT2D eigenvalue weighted by Crippen LogP contribution is 2.31. The number of hydrogen-bond donors (Lipinski definition) is 0. The van der Waals surface area contributed by atoms with E-state index in [1.54, 1.807) is 7.11 Å². The van der Waals surface area contributed by atoms with Gasteiger partial charge in [0.15, 0.2) is 0 Å². The summed E-state index contributed by atoms with van der Waals surface area (Å²) in [5.74, 6) is 0.510. The van der Waals surface area contributed by atoms with Crippen LogP contribution >= 0.6 is 0 Å². The maximum atomic E-state index is 12.5. The maximum Gasteiger partial charge on any atom is 0.254 e. The Morgan fingerprint density at radius 1 is 1.44 bits per heavy atom. The standard InChI is InChI=1S/C15H23NO2/c1-11(2)10-12-6-5-9-16(15(12)17)13-7-4-8-14(13)18-3/h5-6,9,11,13-14H,4,7-8,10H2,1-3H3/t13-,14+/m0/s1. The molecule has 0 aromatic carbocycles. The van der Waals surface area contributed by atoms with Gasteiger partial charge in [-0.05, 0) is 37.7 Å². The van der Waals surface area contributed by atoms with Crippen molar-refractivity contribution >= 4 is 0 Å². The average molecular weight is 249 g/mol. The Morgan fingerprint density at radius 3 is 2.89 bits per heavy atom. The van der Waals surface area contributed by atoms with Crippen LogP contribution in [0.15, 0.2) is 23.1 Å². The molecule has 1 saturated carbocycles. The molecule has 2 rings (SSSR count). The van der Waals surface area contributed by atoms with Crippen LogP contribution in [0.5, 0.6) is 0 Å². The van der Waals surface area contributed by atoms with Gasteiger partial charge < -0.3 is 9.30 Å². The van der Waals surface area contributed by atoms with Gasteiger partial charge >= 0.3 is 0 Å². The van der Waals surface area contributed by atoms with Crippen molar-refractivity contribution in [2.45, 2.75) is 51.7 Å². The summed E-state index contributed by atoms with van der Waals surface area (Å²) in [4.78, 5) is 12.5. The molecule has 1 aromatic rings. The van der Waals surface area contributed by atoms with Crippen molar-refractivity contribution in [2.24, 2.45) is 5.92 Å². The number of aromatic nitrogens is 1. The molecule has 0 aliphatic heterocycles. The summed E-state index contributed by atoms with van der Waals surface area (Å²) < 4.78 is 7.38. The fraction of sp³-hybridized carbons (Fsp3) is 0.667. The van der Waals surface area contributed by atoms with Crippen LogP contribution in [0.25, 0.3) is 0 Å². The molecule has 0 unspecified atom stereocenters. The molecule has 3 nitrogen and oxygen atoms in total. The lowest BCUT2D eigenvalue weighted by Crippen LogP contribution is -2.31. The van der Waals surface area contributed by atoms with E-state index in [0.717, 1.165) is 31.2 Å². The molecule has 0 N–H and O–H groups in total. The Kier molecular flexibility index (Phi) is 4.23.